The summed E-state index contributed by atoms with van der Waals surface area (Å²) in [5.74, 6) is 0. The lowest BCUT2D eigenvalue weighted by molar-refractivity contribution is 0.0527. The van der Waals surface area contributed by atoms with Gasteiger partial charge in [-0.2, -0.15) is 0 Å². The third-order valence-corrected chi connectivity index (χ3v) is 12.2. The quantitative estimate of drug-likeness (QED) is 0.389. The van der Waals surface area contributed by atoms with Gasteiger partial charge in [-0.05, 0) is 65.2 Å². The predicted octanol–water partition coefficient (Wildman–Crippen LogP) is 4.20. The number of hydrogen-bond acceptors (Lipinski definition) is 4. The van der Waals surface area contributed by atoms with E-state index in [0.29, 0.717) is 13.2 Å². The molecule has 0 aromatic carbocycles. The Labute approximate surface area is 135 Å². The Morgan fingerprint density at radius 3 is 1.57 bits per heavy atom. The fraction of sp³-hybridized carbons (Fsp3) is 1.00. The average molecular weight is 353 g/mol. The molecule has 0 spiro atoms. The lowest BCUT2D eigenvalue weighted by Gasteiger charge is -2.38. The molecule has 0 aliphatic rings. The maximum Gasteiger partial charge on any atom is 0.314 e. The van der Waals surface area contributed by atoms with Gasteiger partial charge >= 0.3 is 8.56 Å². The summed E-state index contributed by atoms with van der Waals surface area (Å²) in [5.41, 5.74) is 0. The number of hydrogen-bond donors (Lipinski definition) is 0. The third-order valence-electron chi connectivity index (χ3n) is 2.54. The van der Waals surface area contributed by atoms with E-state index in [-0.39, 0.29) is 0 Å². The monoisotopic (exact) mass is 352 g/mol. The molecule has 21 heavy (non-hydrogen) atoms. The van der Waals surface area contributed by atoms with Gasteiger partial charge in [-0.15, -0.1) is 0 Å². The van der Waals surface area contributed by atoms with Crippen LogP contribution >= 0.6 is 0 Å². The van der Waals surface area contributed by atoms with Crippen molar-refractivity contribution in [1.82, 2.24) is 0 Å². The lowest BCUT2D eigenvalue weighted by Crippen LogP contribution is -2.52. The fourth-order valence-corrected chi connectivity index (χ4v) is 14.8. The van der Waals surface area contributed by atoms with Gasteiger partial charge in [0, 0.05) is 13.2 Å². The van der Waals surface area contributed by atoms with Gasteiger partial charge in [-0.25, -0.2) is 0 Å². The highest BCUT2D eigenvalue weighted by atomic mass is 28.5. The average Bonchev–Trinajstić information content (AvgIpc) is 2.22. The summed E-state index contributed by atoms with van der Waals surface area (Å²) in [6.45, 7) is 20.5. The van der Waals surface area contributed by atoms with E-state index in [0.717, 1.165) is 25.7 Å². The topological polar surface area (TPSA) is 36.9 Å². The molecule has 0 amide bonds. The molecule has 0 aromatic heterocycles. The van der Waals surface area contributed by atoms with Crippen LogP contribution in [0.15, 0.2) is 0 Å². The molecule has 0 unspecified atom stereocenters. The van der Waals surface area contributed by atoms with E-state index in [1.54, 1.807) is 0 Å². The minimum absolute atomic E-state index is 0.676. The summed E-state index contributed by atoms with van der Waals surface area (Å²) >= 11 is 0. The Kier molecular flexibility index (Phi) is 9.81. The van der Waals surface area contributed by atoms with Gasteiger partial charge in [0.2, 0.25) is 0 Å². The van der Waals surface area contributed by atoms with Crippen LogP contribution in [0.1, 0.15) is 13.3 Å². The molecule has 0 heterocycles. The van der Waals surface area contributed by atoms with Gasteiger partial charge in [-0.3, -0.25) is 0 Å². The second-order valence-corrected chi connectivity index (χ2v) is 20.3. The zero-order chi connectivity index (χ0) is 16.6. The molecule has 0 rings (SSSR count). The number of rotatable bonds is 12. The van der Waals surface area contributed by atoms with E-state index in [1.165, 1.54) is 0 Å². The van der Waals surface area contributed by atoms with Crippen LogP contribution < -0.4 is 0 Å². The first-order chi connectivity index (χ1) is 9.47. The first-order valence-corrected chi connectivity index (χ1v) is 17.4. The summed E-state index contributed by atoms with van der Waals surface area (Å²) in [5, 5.41) is 0. The second-order valence-electron chi connectivity index (χ2n) is 7.48. The molecule has 4 nitrogen and oxygen atoms in total. The summed E-state index contributed by atoms with van der Waals surface area (Å²) in [6.07, 6.45) is 1.00. The molecule has 0 aliphatic carbocycles. The zero-order valence-corrected chi connectivity index (χ0v) is 18.4. The fourth-order valence-electron chi connectivity index (χ4n) is 2.28. The summed E-state index contributed by atoms with van der Waals surface area (Å²) in [6, 6.07) is 1.01. The Hall–Kier alpha value is 0.491. The Balaban J connectivity index is 4.23. The largest absolute Gasteiger partial charge is 0.437 e. The summed E-state index contributed by atoms with van der Waals surface area (Å²) in [7, 11) is -5.24. The van der Waals surface area contributed by atoms with Crippen molar-refractivity contribution in [3.8, 4) is 0 Å². The van der Waals surface area contributed by atoms with Gasteiger partial charge in [0.25, 0.3) is 0 Å². The molecule has 0 aliphatic heterocycles. The van der Waals surface area contributed by atoms with Gasteiger partial charge in [-0.1, -0.05) is 0 Å². The van der Waals surface area contributed by atoms with Crippen molar-refractivity contribution in [2.45, 2.75) is 65.2 Å². The van der Waals surface area contributed by atoms with Gasteiger partial charge in [0.1, 0.15) is 0 Å². The molecule has 0 atom stereocenters. The predicted molar refractivity (Wildman–Crippen MR) is 97.2 cm³/mol. The number of ether oxygens (including phenoxy) is 2. The maximum atomic E-state index is 6.46. The van der Waals surface area contributed by atoms with Crippen molar-refractivity contribution in [3.63, 3.8) is 0 Å². The van der Waals surface area contributed by atoms with Gasteiger partial charge in [0.15, 0.2) is 16.6 Å². The van der Waals surface area contributed by atoms with Crippen molar-refractivity contribution in [2.24, 2.45) is 0 Å². The van der Waals surface area contributed by atoms with E-state index in [9.17, 15) is 0 Å². The summed E-state index contributed by atoms with van der Waals surface area (Å²) in [4.78, 5) is 0. The molecule has 0 saturated carbocycles. The molecular weight excluding hydrogens is 316 g/mol. The Morgan fingerprint density at radius 1 is 0.667 bits per heavy atom. The molecule has 0 N–H and O–H groups in total. The maximum absolute atomic E-state index is 6.46. The van der Waals surface area contributed by atoms with Crippen LogP contribution in [0.25, 0.3) is 0 Å². The highest BCUT2D eigenvalue weighted by Crippen LogP contribution is 2.25. The van der Waals surface area contributed by atoms with E-state index in [4.69, 9.17) is 17.7 Å². The van der Waals surface area contributed by atoms with Crippen molar-refractivity contribution in [2.75, 3.05) is 26.4 Å². The van der Waals surface area contributed by atoms with Crippen LogP contribution in [0.5, 0.6) is 0 Å². The zero-order valence-electron chi connectivity index (χ0n) is 15.4. The molecular formula is C14H36O4Si3. The molecule has 0 fully saturated rings. The molecule has 128 valence electrons. The van der Waals surface area contributed by atoms with Crippen molar-refractivity contribution in [1.29, 1.82) is 0 Å². The molecule has 0 aromatic rings. The first-order valence-electron chi connectivity index (χ1n) is 8.03. The van der Waals surface area contributed by atoms with Crippen LogP contribution in [-0.2, 0) is 17.7 Å². The first kappa shape index (κ1) is 21.5. The van der Waals surface area contributed by atoms with Crippen LogP contribution in [0.3, 0.4) is 0 Å². The minimum Gasteiger partial charge on any atom is -0.437 e. The summed E-state index contributed by atoms with van der Waals surface area (Å²) < 4.78 is 23.8. The minimum atomic E-state index is -2.08. The van der Waals surface area contributed by atoms with Gasteiger partial charge < -0.3 is 17.7 Å². The second kappa shape index (κ2) is 9.59. The van der Waals surface area contributed by atoms with Crippen LogP contribution in [0.2, 0.25) is 51.9 Å². The van der Waals surface area contributed by atoms with Gasteiger partial charge in [0.05, 0.1) is 13.2 Å². The molecule has 7 heteroatoms. The molecule has 0 saturated heterocycles. The van der Waals surface area contributed by atoms with E-state index < -0.39 is 25.2 Å². The van der Waals surface area contributed by atoms with E-state index in [1.807, 2.05) is 6.92 Å². The molecule has 0 bridgehead atoms. The Bertz CT molecular complexity index is 258. The Morgan fingerprint density at radius 2 is 1.14 bits per heavy atom. The molecule has 0 radical (unpaired) electrons. The van der Waals surface area contributed by atoms with Crippen LogP contribution in [0, 0.1) is 0 Å². The highest BCUT2D eigenvalue weighted by Gasteiger charge is 2.39. The van der Waals surface area contributed by atoms with Crippen LogP contribution in [0.4, 0.5) is 0 Å². The normalized spacial score (nSPS) is 13.7. The van der Waals surface area contributed by atoms with Crippen molar-refractivity contribution >= 4 is 25.2 Å². The lowest BCUT2D eigenvalue weighted by atomic mass is 10.5. The SMILES string of the molecule is CCOCCOCCC[Si](C)(O[Si](C)(C)C)O[Si](C)(C)C. The standard InChI is InChI=1S/C14H36O4Si3/c1-9-15-12-13-16-11-10-14-21(8,17-19(2,3)4)18-20(5,6)7/h9-14H2,1-8H3. The van der Waals surface area contributed by atoms with Crippen LogP contribution in [-0.4, -0.2) is 51.6 Å². The van der Waals surface area contributed by atoms with Crippen molar-refractivity contribution < 1.29 is 17.7 Å². The van der Waals surface area contributed by atoms with E-state index >= 15 is 0 Å². The van der Waals surface area contributed by atoms with Crippen molar-refractivity contribution in [3.05, 3.63) is 0 Å². The third kappa shape index (κ3) is 13.9. The highest BCUT2D eigenvalue weighted by molar-refractivity contribution is 6.87. The smallest absolute Gasteiger partial charge is 0.314 e. The van der Waals surface area contributed by atoms with E-state index in [2.05, 4.69) is 45.8 Å².